The number of hydrogen-bond acceptors (Lipinski definition) is 5. The molecule has 0 aliphatic carbocycles. The van der Waals surface area contributed by atoms with Gasteiger partial charge in [-0.05, 0) is 67.9 Å². The number of nitrogens with one attached hydrogen (secondary N) is 1. The number of rotatable bonds is 6. The van der Waals surface area contributed by atoms with Crippen LogP contribution in [-0.4, -0.2) is 20.6 Å². The summed E-state index contributed by atoms with van der Waals surface area (Å²) in [6.45, 7) is 3.78. The van der Waals surface area contributed by atoms with Crippen LogP contribution in [0.1, 0.15) is 27.0 Å². The Hall–Kier alpha value is -3.45. The molecule has 29 heavy (non-hydrogen) atoms. The van der Waals surface area contributed by atoms with Gasteiger partial charge in [0.1, 0.15) is 5.75 Å². The maximum absolute atomic E-state index is 12.2. The van der Waals surface area contributed by atoms with E-state index in [1.807, 2.05) is 19.9 Å². The maximum atomic E-state index is 12.2. The first-order chi connectivity index (χ1) is 13.8. The Bertz CT molecular complexity index is 1140. The predicted octanol–water partition coefficient (Wildman–Crippen LogP) is 3.84. The van der Waals surface area contributed by atoms with Crippen LogP contribution in [-0.2, 0) is 10.0 Å². The molecule has 0 unspecified atom stereocenters. The Morgan fingerprint density at radius 2 is 1.62 bits per heavy atom. The molecule has 3 aromatic rings. The van der Waals surface area contributed by atoms with E-state index in [1.54, 1.807) is 54.6 Å². The lowest BCUT2D eigenvalue weighted by atomic mass is 10.1. The Labute approximate surface area is 169 Å². The molecule has 0 saturated carbocycles. The second-order valence-electron chi connectivity index (χ2n) is 6.49. The van der Waals surface area contributed by atoms with Gasteiger partial charge in [0, 0.05) is 0 Å². The van der Waals surface area contributed by atoms with Crippen molar-refractivity contribution in [2.45, 2.75) is 18.7 Å². The van der Waals surface area contributed by atoms with Crippen molar-refractivity contribution in [3.63, 3.8) is 0 Å². The number of hydrazone groups is 1. The van der Waals surface area contributed by atoms with Crippen LogP contribution in [0, 0.1) is 13.8 Å². The van der Waals surface area contributed by atoms with E-state index in [9.17, 15) is 13.2 Å². The summed E-state index contributed by atoms with van der Waals surface area (Å²) >= 11 is 0. The standard InChI is InChI=1S/C22H20N2O4S/c1-16-6-12-21(13-7-16)29(26,27)24-23-15-18-8-10-20(11-9-18)28-22(25)19-5-3-4-17(2)14-19/h3-15,24H,1-2H3. The van der Waals surface area contributed by atoms with Crippen LogP contribution in [0.3, 0.4) is 0 Å². The van der Waals surface area contributed by atoms with E-state index in [2.05, 4.69) is 9.93 Å². The van der Waals surface area contributed by atoms with Crippen molar-refractivity contribution in [2.24, 2.45) is 5.10 Å². The van der Waals surface area contributed by atoms with Gasteiger partial charge in [-0.25, -0.2) is 9.63 Å². The molecule has 1 N–H and O–H groups in total. The van der Waals surface area contributed by atoms with Gasteiger partial charge in [-0.3, -0.25) is 0 Å². The van der Waals surface area contributed by atoms with E-state index in [-0.39, 0.29) is 4.90 Å². The Kier molecular flexibility index (Phi) is 6.09. The molecule has 0 amide bonds. The topological polar surface area (TPSA) is 84.8 Å². The van der Waals surface area contributed by atoms with Gasteiger partial charge < -0.3 is 4.74 Å². The lowest BCUT2D eigenvalue weighted by Gasteiger charge is -2.05. The van der Waals surface area contributed by atoms with Gasteiger partial charge in [0.05, 0.1) is 16.7 Å². The third kappa shape index (κ3) is 5.52. The number of aryl methyl sites for hydroxylation is 2. The van der Waals surface area contributed by atoms with E-state index in [1.165, 1.54) is 18.3 Å². The second kappa shape index (κ2) is 8.70. The van der Waals surface area contributed by atoms with Crippen molar-refractivity contribution < 1.29 is 17.9 Å². The van der Waals surface area contributed by atoms with Crippen molar-refractivity contribution >= 4 is 22.2 Å². The highest BCUT2D eigenvalue weighted by Gasteiger charge is 2.12. The number of carbonyl (C=O) groups excluding carboxylic acids is 1. The van der Waals surface area contributed by atoms with Gasteiger partial charge in [-0.2, -0.15) is 13.5 Å². The van der Waals surface area contributed by atoms with Crippen LogP contribution in [0.4, 0.5) is 0 Å². The van der Waals surface area contributed by atoms with Gasteiger partial charge in [0.15, 0.2) is 0 Å². The molecular formula is C22H20N2O4S. The third-order valence-electron chi connectivity index (χ3n) is 4.06. The van der Waals surface area contributed by atoms with Crippen molar-refractivity contribution in [1.82, 2.24) is 4.83 Å². The second-order valence-corrected chi connectivity index (χ2v) is 8.15. The highest BCUT2D eigenvalue weighted by atomic mass is 32.2. The van der Waals surface area contributed by atoms with E-state index in [0.717, 1.165) is 11.1 Å². The number of esters is 1. The van der Waals surface area contributed by atoms with Crippen LogP contribution in [0.5, 0.6) is 5.75 Å². The molecule has 6 nitrogen and oxygen atoms in total. The van der Waals surface area contributed by atoms with E-state index < -0.39 is 16.0 Å². The van der Waals surface area contributed by atoms with Crippen LogP contribution in [0.25, 0.3) is 0 Å². The molecule has 0 aromatic heterocycles. The van der Waals surface area contributed by atoms with Crippen LogP contribution >= 0.6 is 0 Å². The normalized spacial score (nSPS) is 11.4. The highest BCUT2D eigenvalue weighted by molar-refractivity contribution is 7.89. The smallest absolute Gasteiger partial charge is 0.343 e. The fourth-order valence-corrected chi connectivity index (χ4v) is 3.29. The SMILES string of the molecule is Cc1ccc(S(=O)(=O)NN=Cc2ccc(OC(=O)c3cccc(C)c3)cc2)cc1. The molecule has 0 radical (unpaired) electrons. The molecule has 0 heterocycles. The Morgan fingerprint density at radius 1 is 0.931 bits per heavy atom. The third-order valence-corrected chi connectivity index (χ3v) is 5.30. The number of hydrogen-bond donors (Lipinski definition) is 1. The minimum absolute atomic E-state index is 0.138. The minimum Gasteiger partial charge on any atom is -0.423 e. The Balaban J connectivity index is 1.61. The number of nitrogens with zero attached hydrogens (tertiary/aromatic N) is 1. The molecule has 148 valence electrons. The number of benzene rings is 3. The molecule has 0 spiro atoms. The van der Waals surface area contributed by atoms with Crippen LogP contribution in [0.15, 0.2) is 82.8 Å². The number of carbonyl (C=O) groups is 1. The maximum Gasteiger partial charge on any atom is 0.343 e. The lowest BCUT2D eigenvalue weighted by Crippen LogP contribution is -2.18. The van der Waals surface area contributed by atoms with Crippen molar-refractivity contribution in [3.8, 4) is 5.75 Å². The van der Waals surface area contributed by atoms with Gasteiger partial charge in [-0.1, -0.05) is 35.4 Å². The summed E-state index contributed by atoms with van der Waals surface area (Å²) in [4.78, 5) is 14.5. The van der Waals surface area contributed by atoms with Crippen molar-refractivity contribution in [3.05, 3.63) is 95.1 Å². The molecule has 0 atom stereocenters. The summed E-state index contributed by atoms with van der Waals surface area (Å²) in [5.74, 6) is -0.0603. The molecule has 3 rings (SSSR count). The zero-order valence-electron chi connectivity index (χ0n) is 16.0. The van der Waals surface area contributed by atoms with Crippen molar-refractivity contribution in [2.75, 3.05) is 0 Å². The van der Waals surface area contributed by atoms with Gasteiger partial charge in [0.2, 0.25) is 0 Å². The summed E-state index contributed by atoms with van der Waals surface area (Å²) in [6.07, 6.45) is 1.37. The van der Waals surface area contributed by atoms with Crippen molar-refractivity contribution in [1.29, 1.82) is 0 Å². The van der Waals surface area contributed by atoms with E-state index >= 15 is 0 Å². The predicted molar refractivity (Wildman–Crippen MR) is 112 cm³/mol. The zero-order chi connectivity index (χ0) is 20.9. The molecule has 7 heteroatoms. The highest BCUT2D eigenvalue weighted by Crippen LogP contribution is 2.15. The average Bonchev–Trinajstić information content (AvgIpc) is 2.69. The van der Waals surface area contributed by atoms with Crippen LogP contribution < -0.4 is 9.57 Å². The van der Waals surface area contributed by atoms with E-state index in [4.69, 9.17) is 4.74 Å². The first kappa shape index (κ1) is 20.3. The average molecular weight is 408 g/mol. The fraction of sp³-hybridized carbons (Fsp3) is 0.0909. The summed E-state index contributed by atoms with van der Waals surface area (Å²) < 4.78 is 29.7. The minimum atomic E-state index is -3.72. The van der Waals surface area contributed by atoms with Gasteiger partial charge in [0.25, 0.3) is 10.0 Å². The molecule has 0 bridgehead atoms. The lowest BCUT2D eigenvalue weighted by molar-refractivity contribution is 0.0734. The summed E-state index contributed by atoms with van der Waals surface area (Å²) in [5, 5.41) is 3.79. The molecule has 0 fully saturated rings. The zero-order valence-corrected chi connectivity index (χ0v) is 16.8. The molecule has 0 aliphatic heterocycles. The molecule has 3 aromatic carbocycles. The Morgan fingerprint density at radius 3 is 2.28 bits per heavy atom. The summed E-state index contributed by atoms with van der Waals surface area (Å²) in [6, 6.07) is 20.2. The number of sulfonamides is 1. The number of ether oxygens (including phenoxy) is 1. The first-order valence-corrected chi connectivity index (χ1v) is 10.3. The summed E-state index contributed by atoms with van der Waals surface area (Å²) in [7, 11) is -3.72. The fourth-order valence-electron chi connectivity index (χ4n) is 2.50. The first-order valence-electron chi connectivity index (χ1n) is 8.84. The summed E-state index contributed by atoms with van der Waals surface area (Å²) in [5.41, 5.74) is 3.06. The molecule has 0 aliphatic rings. The largest absolute Gasteiger partial charge is 0.423 e. The van der Waals surface area contributed by atoms with Gasteiger partial charge in [-0.15, -0.1) is 0 Å². The molecule has 0 saturated heterocycles. The van der Waals surface area contributed by atoms with Crippen LogP contribution in [0.2, 0.25) is 0 Å². The quantitative estimate of drug-likeness (QED) is 0.291. The molecular weight excluding hydrogens is 388 g/mol. The van der Waals surface area contributed by atoms with Gasteiger partial charge >= 0.3 is 5.97 Å². The van der Waals surface area contributed by atoms with E-state index in [0.29, 0.717) is 16.9 Å². The monoisotopic (exact) mass is 408 g/mol.